The Kier molecular flexibility index (Phi) is 6.04. The molecule has 0 radical (unpaired) electrons. The summed E-state index contributed by atoms with van der Waals surface area (Å²) >= 11 is 1.24. The van der Waals surface area contributed by atoms with E-state index in [1.807, 2.05) is 23.1 Å². The van der Waals surface area contributed by atoms with Crippen molar-refractivity contribution in [3.05, 3.63) is 53.8 Å². The first-order chi connectivity index (χ1) is 12.6. The molecule has 1 fully saturated rings. The van der Waals surface area contributed by atoms with Crippen LogP contribution in [0.1, 0.15) is 24.4 Å². The lowest BCUT2D eigenvalue weighted by Gasteiger charge is -2.25. The number of ether oxygens (including phenoxy) is 2. The van der Waals surface area contributed by atoms with E-state index in [1.165, 1.54) is 17.8 Å². The van der Waals surface area contributed by atoms with Gasteiger partial charge in [0.25, 0.3) is 0 Å². The van der Waals surface area contributed by atoms with Crippen molar-refractivity contribution in [2.75, 3.05) is 26.5 Å². The number of carbonyl (C=O) groups excluding carboxylic acids is 1. The number of thioether (sulfide) groups is 1. The fraction of sp³-hybridized carbons (Fsp3) is 0.350. The number of amides is 1. The molecule has 138 valence electrons. The van der Waals surface area contributed by atoms with Crippen LogP contribution in [-0.2, 0) is 4.79 Å². The second-order valence-corrected chi connectivity index (χ2v) is 7.10. The molecule has 2 aromatic carbocycles. The van der Waals surface area contributed by atoms with Gasteiger partial charge in [0, 0.05) is 11.4 Å². The molecule has 1 atom stereocenters. The van der Waals surface area contributed by atoms with Crippen LogP contribution in [0.2, 0.25) is 0 Å². The molecule has 1 unspecified atom stereocenters. The van der Waals surface area contributed by atoms with E-state index >= 15 is 0 Å². The molecule has 0 aliphatic carbocycles. The van der Waals surface area contributed by atoms with Crippen LogP contribution < -0.4 is 9.47 Å². The minimum absolute atomic E-state index is 0.0172. The lowest BCUT2D eigenvalue weighted by atomic mass is 10.0. The minimum Gasteiger partial charge on any atom is -0.493 e. The van der Waals surface area contributed by atoms with E-state index in [-0.39, 0.29) is 23.5 Å². The van der Waals surface area contributed by atoms with E-state index in [0.29, 0.717) is 16.4 Å². The van der Waals surface area contributed by atoms with Gasteiger partial charge < -0.3 is 14.4 Å². The van der Waals surface area contributed by atoms with Crippen LogP contribution in [0.3, 0.4) is 0 Å². The summed E-state index contributed by atoms with van der Waals surface area (Å²) in [5.74, 6) is 1.29. The van der Waals surface area contributed by atoms with Crippen molar-refractivity contribution in [1.82, 2.24) is 4.90 Å². The third-order valence-electron chi connectivity index (χ3n) is 4.55. The summed E-state index contributed by atoms with van der Waals surface area (Å²) in [6.45, 7) is 0.718. The topological polar surface area (TPSA) is 38.8 Å². The lowest BCUT2D eigenvalue weighted by molar-refractivity contribution is -0.129. The minimum atomic E-state index is -0.289. The Balaban J connectivity index is 1.71. The van der Waals surface area contributed by atoms with Gasteiger partial charge in [0.2, 0.25) is 5.91 Å². The Hall–Kier alpha value is -2.21. The van der Waals surface area contributed by atoms with Crippen molar-refractivity contribution in [2.24, 2.45) is 0 Å². The predicted molar refractivity (Wildman–Crippen MR) is 100 cm³/mol. The zero-order valence-electron chi connectivity index (χ0n) is 14.9. The fourth-order valence-electron chi connectivity index (χ4n) is 3.26. The molecule has 1 saturated heterocycles. The molecule has 0 spiro atoms. The maximum atomic E-state index is 13.7. The van der Waals surface area contributed by atoms with Crippen molar-refractivity contribution < 1.29 is 18.7 Å². The molecule has 1 aliphatic rings. The lowest BCUT2D eigenvalue weighted by Crippen LogP contribution is -2.32. The summed E-state index contributed by atoms with van der Waals surface area (Å²) < 4.78 is 24.4. The van der Waals surface area contributed by atoms with E-state index < -0.39 is 0 Å². The summed E-state index contributed by atoms with van der Waals surface area (Å²) in [5.41, 5.74) is 1.03. The van der Waals surface area contributed by atoms with Crippen LogP contribution in [-0.4, -0.2) is 37.3 Å². The molecule has 1 amide bonds. The highest BCUT2D eigenvalue weighted by molar-refractivity contribution is 8.00. The molecular weight excluding hydrogens is 353 g/mol. The number of carbonyl (C=O) groups is 1. The third kappa shape index (κ3) is 3.96. The average Bonchev–Trinajstić information content (AvgIpc) is 3.16. The van der Waals surface area contributed by atoms with Gasteiger partial charge in [-0.05, 0) is 42.7 Å². The Bertz CT molecular complexity index is 783. The average molecular weight is 375 g/mol. The van der Waals surface area contributed by atoms with Crippen molar-refractivity contribution >= 4 is 17.7 Å². The number of hydrogen-bond donors (Lipinski definition) is 0. The second-order valence-electron chi connectivity index (χ2n) is 6.08. The van der Waals surface area contributed by atoms with Crippen molar-refractivity contribution in [2.45, 2.75) is 23.8 Å². The summed E-state index contributed by atoms with van der Waals surface area (Å²) in [6.07, 6.45) is 1.86. The second kappa shape index (κ2) is 8.45. The molecule has 0 saturated carbocycles. The SMILES string of the molecule is COc1ccc(C2CCCN2C(=O)CSc2ccccc2F)cc1OC. The largest absolute Gasteiger partial charge is 0.493 e. The number of methoxy groups -OCH3 is 2. The summed E-state index contributed by atoms with van der Waals surface area (Å²) in [6, 6.07) is 12.3. The van der Waals surface area contributed by atoms with Crippen molar-refractivity contribution in [3.8, 4) is 11.5 Å². The Morgan fingerprint density at radius 3 is 2.69 bits per heavy atom. The van der Waals surface area contributed by atoms with Crippen LogP contribution in [0.4, 0.5) is 4.39 Å². The molecule has 6 heteroatoms. The zero-order valence-corrected chi connectivity index (χ0v) is 15.7. The van der Waals surface area contributed by atoms with Gasteiger partial charge in [-0.3, -0.25) is 4.79 Å². The van der Waals surface area contributed by atoms with Crippen LogP contribution in [0.15, 0.2) is 47.4 Å². The number of likely N-dealkylation sites (tertiary alicyclic amines) is 1. The first-order valence-electron chi connectivity index (χ1n) is 8.52. The molecule has 0 bridgehead atoms. The molecule has 4 nitrogen and oxygen atoms in total. The Morgan fingerprint density at radius 1 is 1.19 bits per heavy atom. The van der Waals surface area contributed by atoms with Crippen molar-refractivity contribution in [1.29, 1.82) is 0 Å². The molecule has 0 N–H and O–H groups in total. The number of hydrogen-bond acceptors (Lipinski definition) is 4. The first kappa shape index (κ1) is 18.6. The van der Waals surface area contributed by atoms with E-state index in [2.05, 4.69) is 0 Å². The maximum absolute atomic E-state index is 13.7. The predicted octanol–water partition coefficient (Wildman–Crippen LogP) is 4.30. The summed E-state index contributed by atoms with van der Waals surface area (Å²) in [4.78, 5) is 15.1. The Morgan fingerprint density at radius 2 is 1.96 bits per heavy atom. The van der Waals surface area contributed by atoms with Gasteiger partial charge in [-0.25, -0.2) is 4.39 Å². The molecule has 1 aliphatic heterocycles. The van der Waals surface area contributed by atoms with Crippen molar-refractivity contribution in [3.63, 3.8) is 0 Å². The van der Waals surface area contributed by atoms with Crippen LogP contribution in [0.25, 0.3) is 0 Å². The van der Waals surface area contributed by atoms with E-state index in [0.717, 1.165) is 24.9 Å². The van der Waals surface area contributed by atoms with Gasteiger partial charge in [-0.2, -0.15) is 0 Å². The molecular formula is C20H22FNO3S. The van der Waals surface area contributed by atoms with Gasteiger partial charge >= 0.3 is 0 Å². The van der Waals surface area contributed by atoms with Gasteiger partial charge in [0.05, 0.1) is 26.0 Å². The van der Waals surface area contributed by atoms with E-state index in [4.69, 9.17) is 9.47 Å². The molecule has 2 aromatic rings. The number of benzene rings is 2. The highest BCUT2D eigenvalue weighted by Crippen LogP contribution is 2.37. The van der Waals surface area contributed by atoms with Gasteiger partial charge in [-0.1, -0.05) is 18.2 Å². The summed E-state index contributed by atoms with van der Waals surface area (Å²) in [7, 11) is 3.20. The third-order valence-corrected chi connectivity index (χ3v) is 5.59. The Labute approximate surface area is 157 Å². The molecule has 26 heavy (non-hydrogen) atoms. The van der Waals surface area contributed by atoms with Crippen LogP contribution in [0, 0.1) is 5.82 Å². The molecule has 3 rings (SSSR count). The normalized spacial score (nSPS) is 16.6. The number of rotatable bonds is 6. The van der Waals surface area contributed by atoms with E-state index in [9.17, 15) is 9.18 Å². The fourth-order valence-corrected chi connectivity index (χ4v) is 4.08. The number of nitrogens with zero attached hydrogens (tertiary/aromatic N) is 1. The van der Waals surface area contributed by atoms with Crippen LogP contribution in [0.5, 0.6) is 11.5 Å². The first-order valence-corrected chi connectivity index (χ1v) is 9.51. The monoisotopic (exact) mass is 375 g/mol. The van der Waals surface area contributed by atoms with Crippen LogP contribution >= 0.6 is 11.8 Å². The van der Waals surface area contributed by atoms with E-state index in [1.54, 1.807) is 32.4 Å². The smallest absolute Gasteiger partial charge is 0.233 e. The van der Waals surface area contributed by atoms with Gasteiger partial charge in [0.15, 0.2) is 11.5 Å². The van der Waals surface area contributed by atoms with Gasteiger partial charge in [0.1, 0.15) is 5.82 Å². The highest BCUT2D eigenvalue weighted by Gasteiger charge is 2.30. The standard InChI is InChI=1S/C20H22FNO3S/c1-24-17-10-9-14(12-18(17)25-2)16-7-5-11-22(16)20(23)13-26-19-8-4-3-6-15(19)21/h3-4,6,8-10,12,16H,5,7,11,13H2,1-2H3. The zero-order chi connectivity index (χ0) is 18.5. The quantitative estimate of drug-likeness (QED) is 0.706. The highest BCUT2D eigenvalue weighted by atomic mass is 32.2. The number of halogens is 1. The maximum Gasteiger partial charge on any atom is 0.233 e. The molecule has 1 heterocycles. The molecule has 0 aromatic heterocycles. The summed E-state index contributed by atoms with van der Waals surface area (Å²) in [5, 5.41) is 0. The van der Waals surface area contributed by atoms with Gasteiger partial charge in [-0.15, -0.1) is 11.8 Å².